The molecule has 1 unspecified atom stereocenters. The molecular formula is C15H22N2O3S. The van der Waals surface area contributed by atoms with Crippen molar-refractivity contribution in [1.29, 1.82) is 0 Å². The standard InChI is InChI=1S/C15H22N2O3S/c1-11-10-21-15(16-11)12-5-4-8-17(9-12)13(18)6-3-7-14(19)20-2/h10,12H,3-9H2,1-2H3. The second-order valence-corrected chi connectivity index (χ2v) is 6.33. The monoisotopic (exact) mass is 310 g/mol. The van der Waals surface area contributed by atoms with Gasteiger partial charge < -0.3 is 9.64 Å². The predicted octanol–water partition coefficient (Wildman–Crippen LogP) is 2.50. The van der Waals surface area contributed by atoms with E-state index in [1.54, 1.807) is 11.3 Å². The predicted molar refractivity (Wildman–Crippen MR) is 81.3 cm³/mol. The number of esters is 1. The molecule has 1 amide bonds. The molecule has 0 radical (unpaired) electrons. The highest BCUT2D eigenvalue weighted by atomic mass is 32.1. The van der Waals surface area contributed by atoms with Crippen molar-refractivity contribution >= 4 is 23.2 Å². The van der Waals surface area contributed by atoms with Crippen molar-refractivity contribution in [3.8, 4) is 0 Å². The number of nitrogens with zero attached hydrogens (tertiary/aromatic N) is 2. The van der Waals surface area contributed by atoms with E-state index < -0.39 is 0 Å². The minimum atomic E-state index is -0.252. The molecule has 1 atom stereocenters. The van der Waals surface area contributed by atoms with Crippen LogP contribution in [-0.4, -0.2) is 42.0 Å². The first-order chi connectivity index (χ1) is 10.1. The summed E-state index contributed by atoms with van der Waals surface area (Å²) < 4.78 is 4.58. The highest BCUT2D eigenvalue weighted by molar-refractivity contribution is 7.09. The molecule has 21 heavy (non-hydrogen) atoms. The summed E-state index contributed by atoms with van der Waals surface area (Å²) in [5.74, 6) is 0.247. The Morgan fingerprint density at radius 1 is 1.48 bits per heavy atom. The SMILES string of the molecule is COC(=O)CCCC(=O)N1CCCC(c2nc(C)cs2)C1. The van der Waals surface area contributed by atoms with E-state index in [1.165, 1.54) is 7.11 Å². The van der Waals surface area contributed by atoms with E-state index >= 15 is 0 Å². The molecule has 1 aromatic heterocycles. The normalized spacial score (nSPS) is 18.6. The van der Waals surface area contributed by atoms with Crippen molar-refractivity contribution in [2.75, 3.05) is 20.2 Å². The van der Waals surface area contributed by atoms with Crippen LogP contribution in [0.15, 0.2) is 5.38 Å². The Hall–Kier alpha value is -1.43. The van der Waals surface area contributed by atoms with Crippen molar-refractivity contribution in [2.45, 2.75) is 44.9 Å². The Kier molecular flexibility index (Phi) is 5.73. The van der Waals surface area contributed by atoms with Crippen LogP contribution in [0, 0.1) is 6.92 Å². The zero-order valence-corrected chi connectivity index (χ0v) is 13.4. The van der Waals surface area contributed by atoms with Gasteiger partial charge in [0.2, 0.25) is 5.91 Å². The number of piperidine rings is 1. The molecule has 1 aliphatic heterocycles. The number of ether oxygens (including phenoxy) is 1. The third-order valence-corrected chi connectivity index (χ3v) is 4.88. The molecule has 0 aliphatic carbocycles. The number of carbonyl (C=O) groups is 2. The third kappa shape index (κ3) is 4.52. The Bertz CT molecular complexity index is 501. The second kappa shape index (κ2) is 7.54. The average Bonchev–Trinajstić information content (AvgIpc) is 2.93. The van der Waals surface area contributed by atoms with Crippen LogP contribution in [-0.2, 0) is 14.3 Å². The molecule has 1 fully saturated rings. The van der Waals surface area contributed by atoms with Crippen LogP contribution in [0.1, 0.15) is 48.7 Å². The van der Waals surface area contributed by atoms with E-state index in [9.17, 15) is 9.59 Å². The Labute approximate surface area is 129 Å². The largest absolute Gasteiger partial charge is 0.469 e. The number of hydrogen-bond donors (Lipinski definition) is 0. The third-order valence-electron chi connectivity index (χ3n) is 3.76. The number of amides is 1. The number of carbonyl (C=O) groups excluding carboxylic acids is 2. The number of thiazole rings is 1. The molecule has 1 aliphatic rings. The first kappa shape index (κ1) is 15.9. The van der Waals surface area contributed by atoms with Gasteiger partial charge >= 0.3 is 5.97 Å². The molecule has 116 valence electrons. The summed E-state index contributed by atoms with van der Waals surface area (Å²) in [5, 5.41) is 3.20. The number of rotatable bonds is 5. The molecule has 0 spiro atoms. The second-order valence-electron chi connectivity index (χ2n) is 5.44. The van der Waals surface area contributed by atoms with Gasteiger partial charge in [-0.05, 0) is 26.2 Å². The van der Waals surface area contributed by atoms with Crippen molar-refractivity contribution in [2.24, 2.45) is 0 Å². The van der Waals surface area contributed by atoms with E-state index in [0.29, 0.717) is 25.2 Å². The zero-order chi connectivity index (χ0) is 15.2. The quantitative estimate of drug-likeness (QED) is 0.784. The zero-order valence-electron chi connectivity index (χ0n) is 12.6. The van der Waals surface area contributed by atoms with Gasteiger partial charge in [-0.3, -0.25) is 9.59 Å². The summed E-state index contributed by atoms with van der Waals surface area (Å²) in [4.78, 5) is 29.7. The van der Waals surface area contributed by atoms with Crippen molar-refractivity contribution in [3.63, 3.8) is 0 Å². The van der Waals surface area contributed by atoms with Gasteiger partial charge in [-0.2, -0.15) is 0 Å². The summed E-state index contributed by atoms with van der Waals surface area (Å²) in [6, 6.07) is 0. The lowest BCUT2D eigenvalue weighted by atomic mass is 9.98. The highest BCUT2D eigenvalue weighted by Gasteiger charge is 2.26. The Morgan fingerprint density at radius 2 is 2.29 bits per heavy atom. The number of methoxy groups -OCH3 is 1. The lowest BCUT2D eigenvalue weighted by molar-refractivity contribution is -0.141. The van der Waals surface area contributed by atoms with Crippen LogP contribution < -0.4 is 0 Å². The lowest BCUT2D eigenvalue weighted by Crippen LogP contribution is -2.39. The topological polar surface area (TPSA) is 59.5 Å². The summed E-state index contributed by atoms with van der Waals surface area (Å²) >= 11 is 1.68. The fraction of sp³-hybridized carbons (Fsp3) is 0.667. The van der Waals surface area contributed by atoms with Crippen molar-refractivity contribution in [3.05, 3.63) is 16.1 Å². The van der Waals surface area contributed by atoms with Gasteiger partial charge in [0.15, 0.2) is 0 Å². The number of aromatic nitrogens is 1. The summed E-state index contributed by atoms with van der Waals surface area (Å²) in [6.07, 6.45) is 3.40. The fourth-order valence-electron chi connectivity index (χ4n) is 2.61. The molecule has 0 saturated carbocycles. The number of aryl methyl sites for hydroxylation is 1. The maximum atomic E-state index is 12.2. The molecule has 0 aromatic carbocycles. The highest BCUT2D eigenvalue weighted by Crippen LogP contribution is 2.29. The van der Waals surface area contributed by atoms with E-state index in [1.807, 2.05) is 11.8 Å². The number of likely N-dealkylation sites (tertiary alicyclic amines) is 1. The van der Waals surface area contributed by atoms with Crippen LogP contribution in [0.25, 0.3) is 0 Å². The van der Waals surface area contributed by atoms with Crippen molar-refractivity contribution in [1.82, 2.24) is 9.88 Å². The minimum Gasteiger partial charge on any atom is -0.469 e. The number of hydrogen-bond acceptors (Lipinski definition) is 5. The molecule has 1 aromatic rings. The fourth-order valence-corrected chi connectivity index (χ4v) is 3.53. The molecule has 6 heteroatoms. The maximum Gasteiger partial charge on any atom is 0.305 e. The molecular weight excluding hydrogens is 288 g/mol. The van der Waals surface area contributed by atoms with Gasteiger partial charge in [-0.25, -0.2) is 4.98 Å². The molecule has 5 nitrogen and oxygen atoms in total. The van der Waals surface area contributed by atoms with Crippen LogP contribution in [0.5, 0.6) is 0 Å². The lowest BCUT2D eigenvalue weighted by Gasteiger charge is -2.32. The van der Waals surface area contributed by atoms with Gasteiger partial charge in [0.1, 0.15) is 0 Å². The summed E-state index contributed by atoms with van der Waals surface area (Å²) in [5.41, 5.74) is 1.05. The molecule has 2 heterocycles. The van der Waals surface area contributed by atoms with Gasteiger partial charge in [0.25, 0.3) is 0 Å². The molecule has 0 bridgehead atoms. The van der Waals surface area contributed by atoms with E-state index in [4.69, 9.17) is 0 Å². The van der Waals surface area contributed by atoms with Gasteiger partial charge in [0.05, 0.1) is 12.1 Å². The Balaban J connectivity index is 1.83. The maximum absolute atomic E-state index is 12.2. The smallest absolute Gasteiger partial charge is 0.305 e. The van der Waals surface area contributed by atoms with Crippen LogP contribution in [0.2, 0.25) is 0 Å². The molecule has 0 N–H and O–H groups in total. The van der Waals surface area contributed by atoms with Crippen LogP contribution in [0.4, 0.5) is 0 Å². The first-order valence-corrected chi connectivity index (χ1v) is 8.24. The van der Waals surface area contributed by atoms with Gasteiger partial charge in [0, 0.05) is 42.9 Å². The minimum absolute atomic E-state index is 0.136. The van der Waals surface area contributed by atoms with E-state index in [2.05, 4.69) is 15.1 Å². The van der Waals surface area contributed by atoms with Gasteiger partial charge in [-0.15, -0.1) is 11.3 Å². The van der Waals surface area contributed by atoms with Crippen LogP contribution in [0.3, 0.4) is 0 Å². The first-order valence-electron chi connectivity index (χ1n) is 7.36. The van der Waals surface area contributed by atoms with Crippen LogP contribution >= 0.6 is 11.3 Å². The summed E-state index contributed by atoms with van der Waals surface area (Å²) in [7, 11) is 1.37. The Morgan fingerprint density at radius 3 is 2.95 bits per heavy atom. The van der Waals surface area contributed by atoms with Gasteiger partial charge in [-0.1, -0.05) is 0 Å². The summed E-state index contributed by atoms with van der Waals surface area (Å²) in [6.45, 7) is 3.57. The molecule has 1 saturated heterocycles. The van der Waals surface area contributed by atoms with E-state index in [0.717, 1.165) is 36.6 Å². The average molecular weight is 310 g/mol. The van der Waals surface area contributed by atoms with Crippen molar-refractivity contribution < 1.29 is 14.3 Å². The molecule has 2 rings (SSSR count). The van der Waals surface area contributed by atoms with E-state index in [-0.39, 0.29) is 11.9 Å².